The zero-order chi connectivity index (χ0) is 22.1. The molecule has 3 aromatic carbocycles. The van der Waals surface area contributed by atoms with E-state index in [1.807, 2.05) is 31.2 Å². The van der Waals surface area contributed by atoms with Crippen molar-refractivity contribution in [3.8, 4) is 5.75 Å². The third-order valence-corrected chi connectivity index (χ3v) is 6.28. The van der Waals surface area contributed by atoms with Crippen LogP contribution in [0, 0.1) is 18.8 Å². The maximum atomic E-state index is 13.4. The molecule has 0 spiro atoms. The molecule has 4 nitrogen and oxygen atoms in total. The largest absolute Gasteiger partial charge is 0.426 e. The van der Waals surface area contributed by atoms with Gasteiger partial charge in [0.15, 0.2) is 11.6 Å². The first kappa shape index (κ1) is 21.2. The first-order valence-corrected chi connectivity index (χ1v) is 10.9. The van der Waals surface area contributed by atoms with Crippen molar-refractivity contribution in [3.63, 3.8) is 0 Å². The summed E-state index contributed by atoms with van der Waals surface area (Å²) in [6.45, 7) is 3.73. The summed E-state index contributed by atoms with van der Waals surface area (Å²) < 4.78 is 6.32. The molecule has 0 saturated heterocycles. The lowest BCUT2D eigenvalue weighted by atomic mass is 9.71. The molecular formula is C26H21BrO4. The van der Waals surface area contributed by atoms with Crippen molar-refractivity contribution in [1.29, 1.82) is 0 Å². The first-order valence-electron chi connectivity index (χ1n) is 10.1. The number of ketones is 2. The van der Waals surface area contributed by atoms with Gasteiger partial charge in [-0.3, -0.25) is 14.4 Å². The van der Waals surface area contributed by atoms with Gasteiger partial charge in [0, 0.05) is 33.0 Å². The molecule has 0 N–H and O–H groups in total. The van der Waals surface area contributed by atoms with Crippen LogP contribution in [0.15, 0.2) is 77.3 Å². The van der Waals surface area contributed by atoms with Crippen LogP contribution < -0.4 is 4.74 Å². The van der Waals surface area contributed by atoms with Gasteiger partial charge in [-0.05, 0) is 25.1 Å². The fourth-order valence-corrected chi connectivity index (χ4v) is 4.50. The summed E-state index contributed by atoms with van der Waals surface area (Å²) >= 11 is 3.46. The maximum Gasteiger partial charge on any atom is 0.322 e. The minimum Gasteiger partial charge on any atom is -0.426 e. The number of benzene rings is 3. The van der Waals surface area contributed by atoms with Crippen LogP contribution >= 0.6 is 15.9 Å². The maximum absolute atomic E-state index is 13.4. The molecular weight excluding hydrogens is 456 g/mol. The third kappa shape index (κ3) is 4.10. The molecule has 3 atom stereocenters. The Balaban J connectivity index is 1.81. The second-order valence-electron chi connectivity index (χ2n) is 7.86. The molecule has 1 aliphatic heterocycles. The molecule has 5 heteroatoms. The van der Waals surface area contributed by atoms with E-state index in [0.29, 0.717) is 22.4 Å². The zero-order valence-corrected chi connectivity index (χ0v) is 18.8. The molecule has 31 heavy (non-hydrogen) atoms. The first-order chi connectivity index (χ1) is 14.9. The van der Waals surface area contributed by atoms with E-state index in [9.17, 15) is 14.4 Å². The lowest BCUT2D eigenvalue weighted by molar-refractivity contribution is -0.139. The minimum absolute atomic E-state index is 0.114. The average Bonchev–Trinajstić information content (AvgIpc) is 2.78. The van der Waals surface area contributed by atoms with Gasteiger partial charge in [-0.1, -0.05) is 83.0 Å². The summed E-state index contributed by atoms with van der Waals surface area (Å²) in [7, 11) is 0. The van der Waals surface area contributed by atoms with Crippen LogP contribution in [-0.2, 0) is 4.79 Å². The van der Waals surface area contributed by atoms with E-state index in [2.05, 4.69) is 15.9 Å². The van der Waals surface area contributed by atoms with Gasteiger partial charge in [-0.15, -0.1) is 0 Å². The Kier molecular flexibility index (Phi) is 5.88. The highest BCUT2D eigenvalue weighted by molar-refractivity contribution is 9.10. The standard InChI is InChI=1S/C26H21BrO4/c1-15-8-10-18(11-9-15)24(28)16(2)22-20-14-19(27)12-13-21(20)31-26(30)23(22)25(29)17-6-4-3-5-7-17/h3-14,16,22-23H,1-2H3/t16-,22+,23+/m1/s1. The summed E-state index contributed by atoms with van der Waals surface area (Å²) in [5, 5.41) is 0. The lowest BCUT2D eigenvalue weighted by Gasteiger charge is -2.34. The van der Waals surface area contributed by atoms with Crippen LogP contribution in [-0.4, -0.2) is 17.5 Å². The molecule has 0 aromatic heterocycles. The van der Waals surface area contributed by atoms with Gasteiger partial charge in [0.05, 0.1) is 0 Å². The third-order valence-electron chi connectivity index (χ3n) is 5.78. The Labute approximate surface area is 189 Å². The summed E-state index contributed by atoms with van der Waals surface area (Å²) in [6.07, 6.45) is 0. The van der Waals surface area contributed by atoms with Crippen molar-refractivity contribution in [2.24, 2.45) is 11.8 Å². The van der Waals surface area contributed by atoms with E-state index in [4.69, 9.17) is 4.74 Å². The molecule has 0 radical (unpaired) electrons. The Bertz CT molecular complexity index is 1150. The van der Waals surface area contributed by atoms with Crippen molar-refractivity contribution in [2.75, 3.05) is 0 Å². The lowest BCUT2D eigenvalue weighted by Crippen LogP contribution is -2.41. The van der Waals surface area contributed by atoms with E-state index < -0.39 is 23.7 Å². The predicted molar refractivity (Wildman–Crippen MR) is 121 cm³/mol. The summed E-state index contributed by atoms with van der Waals surface area (Å²) in [5.74, 6) is -3.05. The summed E-state index contributed by atoms with van der Waals surface area (Å²) in [6, 6.07) is 21.3. The van der Waals surface area contributed by atoms with Gasteiger partial charge < -0.3 is 4.74 Å². The monoisotopic (exact) mass is 476 g/mol. The van der Waals surface area contributed by atoms with Crippen LogP contribution in [0.5, 0.6) is 5.75 Å². The van der Waals surface area contributed by atoms with Crippen LogP contribution in [0.4, 0.5) is 0 Å². The molecule has 0 fully saturated rings. The van der Waals surface area contributed by atoms with Crippen LogP contribution in [0.25, 0.3) is 0 Å². The molecule has 1 aliphatic rings. The van der Waals surface area contributed by atoms with Crippen LogP contribution in [0.2, 0.25) is 0 Å². The SMILES string of the molecule is Cc1ccc(C(=O)[C@H](C)[C@H]2c3cc(Br)ccc3OC(=O)[C@@H]2C(=O)c2ccccc2)cc1. The number of hydrogen-bond acceptors (Lipinski definition) is 4. The Hall–Kier alpha value is -3.05. The number of aryl methyl sites for hydroxylation is 1. The quantitative estimate of drug-likeness (QED) is 0.202. The fraction of sp³-hybridized carbons (Fsp3) is 0.192. The van der Waals surface area contributed by atoms with E-state index in [1.54, 1.807) is 55.5 Å². The molecule has 0 aliphatic carbocycles. The topological polar surface area (TPSA) is 60.4 Å². The zero-order valence-electron chi connectivity index (χ0n) is 17.2. The van der Waals surface area contributed by atoms with Crippen molar-refractivity contribution in [2.45, 2.75) is 19.8 Å². The number of halogens is 1. The van der Waals surface area contributed by atoms with E-state index in [0.717, 1.165) is 10.0 Å². The van der Waals surface area contributed by atoms with E-state index >= 15 is 0 Å². The number of ether oxygens (including phenoxy) is 1. The molecule has 4 rings (SSSR count). The van der Waals surface area contributed by atoms with Crippen molar-refractivity contribution in [3.05, 3.63) is 99.5 Å². The Morgan fingerprint density at radius 3 is 2.29 bits per heavy atom. The normalized spacial score (nSPS) is 18.6. The highest BCUT2D eigenvalue weighted by Gasteiger charge is 2.47. The van der Waals surface area contributed by atoms with Crippen molar-refractivity contribution >= 4 is 33.5 Å². The molecule has 0 bridgehead atoms. The van der Waals surface area contributed by atoms with Crippen molar-refractivity contribution in [1.82, 2.24) is 0 Å². The molecule has 156 valence electrons. The van der Waals surface area contributed by atoms with Gasteiger partial charge in [0.1, 0.15) is 11.7 Å². The molecule has 1 heterocycles. The van der Waals surface area contributed by atoms with Crippen LogP contribution in [0.3, 0.4) is 0 Å². The smallest absolute Gasteiger partial charge is 0.322 e. The fourth-order valence-electron chi connectivity index (χ4n) is 4.12. The van der Waals surface area contributed by atoms with E-state index in [-0.39, 0.29) is 11.6 Å². The number of hydrogen-bond donors (Lipinski definition) is 0. The number of fused-ring (bicyclic) bond motifs is 1. The van der Waals surface area contributed by atoms with Crippen LogP contribution in [0.1, 0.15) is 44.7 Å². The van der Waals surface area contributed by atoms with Gasteiger partial charge in [0.25, 0.3) is 0 Å². The van der Waals surface area contributed by atoms with Crippen molar-refractivity contribution < 1.29 is 19.1 Å². The van der Waals surface area contributed by atoms with Gasteiger partial charge >= 0.3 is 5.97 Å². The second kappa shape index (κ2) is 8.60. The van der Waals surface area contributed by atoms with Gasteiger partial charge in [-0.2, -0.15) is 0 Å². The highest BCUT2D eigenvalue weighted by Crippen LogP contribution is 2.45. The number of rotatable bonds is 5. The highest BCUT2D eigenvalue weighted by atomic mass is 79.9. The van der Waals surface area contributed by atoms with Gasteiger partial charge in [-0.25, -0.2) is 0 Å². The Morgan fingerprint density at radius 2 is 1.61 bits per heavy atom. The Morgan fingerprint density at radius 1 is 0.935 bits per heavy atom. The number of carbonyl (C=O) groups excluding carboxylic acids is 3. The molecule has 3 aromatic rings. The number of carbonyl (C=O) groups is 3. The number of esters is 1. The van der Waals surface area contributed by atoms with Gasteiger partial charge in [0.2, 0.25) is 0 Å². The minimum atomic E-state index is -1.10. The second-order valence-corrected chi connectivity index (χ2v) is 8.77. The molecule has 0 amide bonds. The number of Topliss-reactive ketones (excluding diaryl/α,β-unsaturated/α-hetero) is 2. The molecule has 0 saturated carbocycles. The average molecular weight is 477 g/mol. The van der Waals surface area contributed by atoms with E-state index in [1.165, 1.54) is 0 Å². The molecule has 0 unspecified atom stereocenters. The predicted octanol–water partition coefficient (Wildman–Crippen LogP) is 5.78. The summed E-state index contributed by atoms with van der Waals surface area (Å²) in [4.78, 5) is 39.8. The summed E-state index contributed by atoms with van der Waals surface area (Å²) in [5.41, 5.74) is 2.70.